The molecular weight excluding hydrogens is 588 g/mol. The summed E-state index contributed by atoms with van der Waals surface area (Å²) in [4.78, 5) is 41.6. The lowest BCUT2D eigenvalue weighted by atomic mass is 10.1. The number of aliphatic hydroxyl groups is 2. The minimum atomic E-state index is -4.25. The van der Waals surface area contributed by atoms with Crippen molar-refractivity contribution < 1.29 is 38.0 Å². The molecule has 218 valence electrons. The number of nitrogens with two attached hydrogens (primary N) is 2. The molecule has 2 unspecified atom stereocenters. The lowest BCUT2D eigenvalue weighted by Crippen LogP contribution is -2.32. The summed E-state index contributed by atoms with van der Waals surface area (Å²) in [7, 11) is 0. The second kappa shape index (κ2) is 9.18. The van der Waals surface area contributed by atoms with Gasteiger partial charge < -0.3 is 40.6 Å². The average molecular weight is 612 g/mol. The maximum Gasteiger partial charge on any atom is 0.325 e. The number of nitrogens with zero attached hydrogens (tertiary/aromatic N) is 6. The van der Waals surface area contributed by atoms with Crippen LogP contribution in [-0.4, -0.2) is 92.0 Å². The normalized spacial score (nSPS) is 34.3. The SMILES string of the molecule is Nc1nc2c(ncn2[C@@H]2O[C@H](CO)[C@@H](F)[C@H]2OP(O)(=S)OC2[C@H]3O[C@@H](n4ccc5c(N)ncnc54)C[C@@]23O)c(=O)[nH]1. The molecule has 1 aliphatic carbocycles. The zero-order valence-corrected chi connectivity index (χ0v) is 22.4. The molecule has 1 saturated carbocycles. The van der Waals surface area contributed by atoms with E-state index in [1.807, 2.05) is 0 Å². The van der Waals surface area contributed by atoms with Crippen molar-refractivity contribution in [3.63, 3.8) is 0 Å². The van der Waals surface area contributed by atoms with Gasteiger partial charge in [0.25, 0.3) is 5.56 Å². The number of aliphatic hydroxyl groups excluding tert-OH is 1. The second-order valence-electron chi connectivity index (χ2n) is 9.96. The Kier molecular flexibility index (Phi) is 5.99. The fourth-order valence-electron chi connectivity index (χ4n) is 5.44. The number of anilines is 2. The van der Waals surface area contributed by atoms with Gasteiger partial charge in [0.1, 0.15) is 54.0 Å². The molecule has 3 aliphatic rings. The number of nitrogens with one attached hydrogen (secondary N) is 1. The van der Waals surface area contributed by atoms with Crippen LogP contribution in [-0.2, 0) is 30.3 Å². The van der Waals surface area contributed by atoms with E-state index < -0.39 is 67.5 Å². The molecule has 7 rings (SSSR count). The Labute approximate surface area is 233 Å². The van der Waals surface area contributed by atoms with Crippen LogP contribution in [0.25, 0.3) is 22.2 Å². The molecule has 2 saturated heterocycles. The molecule has 41 heavy (non-hydrogen) atoms. The summed E-state index contributed by atoms with van der Waals surface area (Å²) in [6.45, 7) is -4.97. The van der Waals surface area contributed by atoms with Crippen molar-refractivity contribution in [2.75, 3.05) is 18.1 Å². The summed E-state index contributed by atoms with van der Waals surface area (Å²) >= 11 is 5.18. The summed E-state index contributed by atoms with van der Waals surface area (Å²) in [5, 5.41) is 21.4. The smallest absolute Gasteiger partial charge is 0.325 e. The molecule has 0 amide bonds. The minimum absolute atomic E-state index is 0.0437. The number of aromatic amines is 1. The standard InChI is InChI=1S/C21H23FN9O8PS/c22-10-8(4-32)36-19(31-6-27-11-17(31)28-20(24)29-18(11)33)12(10)38-40(35,41)39-14-13-21(14,34)3-9(37-13)30-2-1-7-15(23)25-5-26-16(7)30/h1-2,5-6,8-10,12-14,19,32,34H,3-4H2,(H,35,41)(H2,23,25,26)(H3,24,28,29,33)/t8-,9-,10-,12-,13-,14?,19-,21+,40?/m1/s1. The minimum Gasteiger partial charge on any atom is -0.394 e. The number of H-pyrrole nitrogens is 1. The first kappa shape index (κ1) is 26.7. The van der Waals surface area contributed by atoms with Gasteiger partial charge in [-0.3, -0.25) is 23.4 Å². The predicted octanol–water partition coefficient (Wildman–Crippen LogP) is -1.02. The molecule has 0 bridgehead atoms. The third kappa shape index (κ3) is 4.16. The van der Waals surface area contributed by atoms with Gasteiger partial charge in [-0.1, -0.05) is 0 Å². The van der Waals surface area contributed by atoms with Crippen LogP contribution in [0.2, 0.25) is 0 Å². The van der Waals surface area contributed by atoms with Crippen molar-refractivity contribution in [3.05, 3.63) is 35.3 Å². The first-order chi connectivity index (χ1) is 19.5. The Hall–Kier alpha value is -3.13. The Morgan fingerprint density at radius 3 is 2.78 bits per heavy atom. The third-order valence-corrected chi connectivity index (χ3v) is 9.00. The van der Waals surface area contributed by atoms with E-state index in [1.165, 1.54) is 10.9 Å². The van der Waals surface area contributed by atoms with E-state index in [0.29, 0.717) is 16.9 Å². The maximum atomic E-state index is 15.4. The van der Waals surface area contributed by atoms with Gasteiger partial charge in [-0.05, 0) is 17.9 Å². The van der Waals surface area contributed by atoms with Gasteiger partial charge >= 0.3 is 6.72 Å². The molecule has 2 aliphatic heterocycles. The number of imidazole rings is 1. The van der Waals surface area contributed by atoms with Gasteiger partial charge in [-0.2, -0.15) is 4.98 Å². The van der Waals surface area contributed by atoms with Crippen LogP contribution in [0.5, 0.6) is 0 Å². The summed E-state index contributed by atoms with van der Waals surface area (Å²) in [5.74, 6) is 0.0787. The first-order valence-corrected chi connectivity index (χ1v) is 14.9. The molecule has 0 spiro atoms. The molecule has 8 N–H and O–H groups in total. The summed E-state index contributed by atoms with van der Waals surface area (Å²) in [5.41, 5.74) is 9.77. The van der Waals surface area contributed by atoms with Crippen LogP contribution in [0.1, 0.15) is 18.9 Å². The quantitative estimate of drug-likeness (QED) is 0.137. The number of hydrogen-bond donors (Lipinski definition) is 6. The summed E-state index contributed by atoms with van der Waals surface area (Å²) in [6.07, 6.45) is -4.58. The monoisotopic (exact) mass is 611 g/mol. The molecule has 4 aromatic rings. The third-order valence-electron chi connectivity index (χ3n) is 7.48. The van der Waals surface area contributed by atoms with Crippen molar-refractivity contribution >= 4 is 52.5 Å². The highest BCUT2D eigenvalue weighted by atomic mass is 32.5. The number of alkyl halides is 1. The fraction of sp³-hybridized carbons (Fsp3) is 0.476. The molecule has 17 nitrogen and oxygen atoms in total. The van der Waals surface area contributed by atoms with Gasteiger partial charge in [0.15, 0.2) is 23.6 Å². The highest BCUT2D eigenvalue weighted by Gasteiger charge is 2.74. The molecule has 4 aromatic heterocycles. The van der Waals surface area contributed by atoms with Crippen molar-refractivity contribution in [1.29, 1.82) is 0 Å². The van der Waals surface area contributed by atoms with E-state index in [-0.39, 0.29) is 23.5 Å². The van der Waals surface area contributed by atoms with Crippen LogP contribution < -0.4 is 17.0 Å². The van der Waals surface area contributed by atoms with Gasteiger partial charge in [-0.15, -0.1) is 0 Å². The number of aromatic nitrogens is 7. The highest BCUT2D eigenvalue weighted by molar-refractivity contribution is 8.07. The lowest BCUT2D eigenvalue weighted by Gasteiger charge is -2.26. The van der Waals surface area contributed by atoms with E-state index in [9.17, 15) is 19.9 Å². The van der Waals surface area contributed by atoms with Gasteiger partial charge in [-0.25, -0.2) is 19.3 Å². The first-order valence-electron chi connectivity index (χ1n) is 12.3. The molecule has 6 heterocycles. The van der Waals surface area contributed by atoms with Crippen molar-refractivity contribution in [3.8, 4) is 0 Å². The molecule has 3 fully saturated rings. The van der Waals surface area contributed by atoms with Crippen molar-refractivity contribution in [1.82, 2.24) is 34.1 Å². The van der Waals surface area contributed by atoms with Gasteiger partial charge in [0.2, 0.25) is 5.95 Å². The van der Waals surface area contributed by atoms with Crippen LogP contribution in [0.15, 0.2) is 29.7 Å². The Bertz CT molecular complexity index is 1790. The number of hydrogen-bond acceptors (Lipinski definition) is 14. The van der Waals surface area contributed by atoms with E-state index in [0.717, 1.165) is 6.33 Å². The molecule has 0 radical (unpaired) electrons. The Balaban J connectivity index is 1.09. The van der Waals surface area contributed by atoms with Crippen LogP contribution >= 0.6 is 6.72 Å². The second-order valence-corrected chi connectivity index (χ2v) is 12.7. The number of halogens is 1. The number of rotatable bonds is 7. The largest absolute Gasteiger partial charge is 0.394 e. The van der Waals surface area contributed by atoms with E-state index in [2.05, 4.69) is 24.9 Å². The van der Waals surface area contributed by atoms with Crippen LogP contribution in [0.3, 0.4) is 0 Å². The topological polar surface area (TPSA) is 244 Å². The van der Waals surface area contributed by atoms with E-state index >= 15 is 4.39 Å². The Morgan fingerprint density at radius 2 is 2.05 bits per heavy atom. The molecule has 0 aromatic carbocycles. The van der Waals surface area contributed by atoms with Crippen LogP contribution in [0, 0.1) is 0 Å². The molecule has 20 heteroatoms. The summed E-state index contributed by atoms with van der Waals surface area (Å²) < 4.78 is 41.0. The Morgan fingerprint density at radius 1 is 1.24 bits per heavy atom. The summed E-state index contributed by atoms with van der Waals surface area (Å²) in [6, 6.07) is 1.73. The fourth-order valence-corrected chi connectivity index (χ4v) is 7.18. The number of ether oxygens (including phenoxy) is 2. The number of fused-ring (bicyclic) bond motifs is 3. The van der Waals surface area contributed by atoms with Gasteiger partial charge in [0, 0.05) is 12.6 Å². The molecule has 9 atom stereocenters. The predicted molar refractivity (Wildman–Crippen MR) is 140 cm³/mol. The van der Waals surface area contributed by atoms with Crippen molar-refractivity contribution in [2.45, 2.75) is 55.1 Å². The molecular formula is C21H23FN9O8PS. The maximum absolute atomic E-state index is 15.4. The lowest BCUT2D eigenvalue weighted by molar-refractivity contribution is -0.0502. The highest BCUT2D eigenvalue weighted by Crippen LogP contribution is 2.62. The van der Waals surface area contributed by atoms with Crippen molar-refractivity contribution in [2.24, 2.45) is 0 Å². The zero-order valence-electron chi connectivity index (χ0n) is 20.7. The van der Waals surface area contributed by atoms with E-state index in [4.69, 9.17) is 41.8 Å². The zero-order chi connectivity index (χ0) is 28.8. The average Bonchev–Trinajstić information content (AvgIpc) is 3.49. The van der Waals surface area contributed by atoms with Gasteiger partial charge in [0.05, 0.1) is 18.3 Å². The van der Waals surface area contributed by atoms with Crippen LogP contribution in [0.4, 0.5) is 16.2 Å². The van der Waals surface area contributed by atoms with E-state index in [1.54, 1.807) is 16.8 Å². The number of nitrogen functional groups attached to an aromatic ring is 2.